The molecule has 0 N–H and O–H groups in total. The Hall–Kier alpha value is -4.31. The van der Waals surface area contributed by atoms with Crippen LogP contribution < -0.4 is 5.11 Å². The third kappa shape index (κ3) is 82.8. The summed E-state index contributed by atoms with van der Waals surface area (Å²) in [6, 6.07) is 0. The van der Waals surface area contributed by atoms with E-state index in [0.29, 0.717) is 23.9 Å². The lowest BCUT2D eigenvalue weighted by atomic mass is 10.0. The van der Waals surface area contributed by atoms with Gasteiger partial charge >= 0.3 is 11.9 Å². The normalized spacial score (nSPS) is 13.2. The van der Waals surface area contributed by atoms with Crippen molar-refractivity contribution >= 4 is 17.9 Å². The fraction of sp³-hybridized carbons (Fsp3) is 0.750. The van der Waals surface area contributed by atoms with Crippen LogP contribution >= 0.6 is 0 Å². The van der Waals surface area contributed by atoms with Crippen LogP contribution in [0.4, 0.5) is 0 Å². The molecule has 0 saturated carbocycles. The molecule has 0 aromatic heterocycles. The van der Waals surface area contributed by atoms with Crippen molar-refractivity contribution in [1.82, 2.24) is 0 Å². The second kappa shape index (κ2) is 81.4. The van der Waals surface area contributed by atoms with Crippen molar-refractivity contribution in [2.75, 3.05) is 47.5 Å². The average molecular weight is 1410 g/mol. The number of ether oxygens (including phenoxy) is 4. The average Bonchev–Trinajstić information content (AvgIpc) is 1.25. The quantitative estimate of drug-likeness (QED) is 0.0195. The van der Waals surface area contributed by atoms with E-state index in [9.17, 15) is 19.5 Å². The van der Waals surface area contributed by atoms with Gasteiger partial charge in [-0.2, -0.15) is 0 Å². The highest BCUT2D eigenvalue weighted by atomic mass is 16.7. The van der Waals surface area contributed by atoms with Crippen molar-refractivity contribution in [3.05, 3.63) is 122 Å². The second-order valence-electron chi connectivity index (χ2n) is 29.7. The zero-order valence-corrected chi connectivity index (χ0v) is 66.8. The number of carboxylic acid groups (broad SMARTS) is 1. The molecule has 0 aliphatic rings. The van der Waals surface area contributed by atoms with Crippen LogP contribution in [0.25, 0.3) is 0 Å². The molecule has 101 heavy (non-hydrogen) atoms. The Bertz CT molecular complexity index is 2090. The van der Waals surface area contributed by atoms with Gasteiger partial charge in [-0.05, 0) is 103 Å². The Morgan fingerprint density at radius 3 is 0.792 bits per heavy atom. The fourth-order valence-electron chi connectivity index (χ4n) is 12.3. The molecule has 0 heterocycles. The lowest BCUT2D eigenvalue weighted by Crippen LogP contribution is -2.44. The van der Waals surface area contributed by atoms with Crippen molar-refractivity contribution in [3.8, 4) is 0 Å². The first-order valence-corrected chi connectivity index (χ1v) is 42.7. The van der Waals surface area contributed by atoms with E-state index in [1.165, 1.54) is 250 Å². The summed E-state index contributed by atoms with van der Waals surface area (Å²) in [6.45, 7) is 4.57. The number of carbonyl (C=O) groups is 3. The Balaban J connectivity index is 3.95. The number of hydrogen-bond acceptors (Lipinski definition) is 8. The number of quaternary nitrogens is 1. The Labute approximate surface area is 625 Å². The minimum atomic E-state index is -1.63. The van der Waals surface area contributed by atoms with E-state index in [1.54, 1.807) is 0 Å². The van der Waals surface area contributed by atoms with E-state index in [-0.39, 0.29) is 32.2 Å². The van der Waals surface area contributed by atoms with Crippen molar-refractivity contribution in [1.29, 1.82) is 0 Å². The summed E-state index contributed by atoms with van der Waals surface area (Å²) >= 11 is 0. The van der Waals surface area contributed by atoms with Crippen molar-refractivity contribution in [3.63, 3.8) is 0 Å². The third-order valence-electron chi connectivity index (χ3n) is 18.7. The molecule has 0 aliphatic carbocycles. The SMILES string of the molecule is CC/C=C\C/C=C\C/C=C\C/C=C\C/C=C\C/C=C\CCCCCCCCCCCCCCCCCCC(=O)OC(COC(=O)CCCCCCCCCCCCCCCCCCCCCCCCCCCCCC/C=C\C/C=C\C/C=C\C/C=C\CC)COC(OCC[N+](C)(C)C)C(=O)[O-]. The molecule has 0 spiro atoms. The maximum absolute atomic E-state index is 13.0. The van der Waals surface area contributed by atoms with Crippen molar-refractivity contribution in [2.24, 2.45) is 0 Å². The van der Waals surface area contributed by atoms with Gasteiger partial charge in [0.25, 0.3) is 0 Å². The molecule has 2 unspecified atom stereocenters. The van der Waals surface area contributed by atoms with E-state index >= 15 is 0 Å². The van der Waals surface area contributed by atoms with Crippen LogP contribution in [-0.2, 0) is 33.3 Å². The summed E-state index contributed by atoms with van der Waals surface area (Å²) in [5.41, 5.74) is 0. The number of allylic oxidation sites excluding steroid dienone is 20. The molecular weight excluding hydrogens is 1250 g/mol. The number of aliphatic carboxylic acids is 1. The summed E-state index contributed by atoms with van der Waals surface area (Å²) < 4.78 is 22.9. The molecule has 9 nitrogen and oxygen atoms in total. The molecule has 0 bridgehead atoms. The zero-order chi connectivity index (χ0) is 73.2. The van der Waals surface area contributed by atoms with Gasteiger partial charge in [-0.15, -0.1) is 0 Å². The minimum Gasteiger partial charge on any atom is -0.545 e. The molecule has 0 aliphatic heterocycles. The second-order valence-corrected chi connectivity index (χ2v) is 29.7. The van der Waals surface area contributed by atoms with Gasteiger partial charge in [-0.1, -0.05) is 392 Å². The smallest absolute Gasteiger partial charge is 0.306 e. The van der Waals surface area contributed by atoms with Crippen LogP contribution in [-0.4, -0.2) is 82.3 Å². The third-order valence-corrected chi connectivity index (χ3v) is 18.7. The molecule has 9 heteroatoms. The highest BCUT2D eigenvalue weighted by Gasteiger charge is 2.22. The Kier molecular flexibility index (Phi) is 77.9. The maximum atomic E-state index is 13.0. The number of nitrogens with zero attached hydrogens (tertiary/aromatic N) is 1. The van der Waals surface area contributed by atoms with E-state index < -0.39 is 24.3 Å². The number of carbonyl (C=O) groups excluding carboxylic acids is 3. The predicted molar refractivity (Wildman–Crippen MR) is 435 cm³/mol. The fourth-order valence-corrected chi connectivity index (χ4v) is 12.3. The van der Waals surface area contributed by atoms with Crippen LogP contribution in [0.1, 0.15) is 386 Å². The number of carboxylic acids is 1. The molecule has 0 aromatic rings. The van der Waals surface area contributed by atoms with Gasteiger partial charge in [0.2, 0.25) is 0 Å². The number of likely N-dealkylation sites (N-methyl/N-ethyl adjacent to an activating group) is 1. The summed E-state index contributed by atoms with van der Waals surface area (Å²) in [5.74, 6) is -2.26. The Morgan fingerprint density at radius 2 is 0.535 bits per heavy atom. The first-order valence-electron chi connectivity index (χ1n) is 42.7. The van der Waals surface area contributed by atoms with Crippen LogP contribution in [0, 0.1) is 0 Å². The first kappa shape index (κ1) is 96.7. The minimum absolute atomic E-state index is 0.147. The maximum Gasteiger partial charge on any atom is 0.306 e. The largest absolute Gasteiger partial charge is 0.545 e. The van der Waals surface area contributed by atoms with Gasteiger partial charge < -0.3 is 33.3 Å². The zero-order valence-electron chi connectivity index (χ0n) is 66.8. The highest BCUT2D eigenvalue weighted by molar-refractivity contribution is 5.70. The number of esters is 2. The van der Waals surface area contributed by atoms with Gasteiger partial charge in [0, 0.05) is 12.8 Å². The van der Waals surface area contributed by atoms with Gasteiger partial charge in [0.1, 0.15) is 13.2 Å². The Morgan fingerprint density at radius 1 is 0.297 bits per heavy atom. The van der Waals surface area contributed by atoms with Crippen molar-refractivity contribution < 1.29 is 42.9 Å². The monoisotopic (exact) mass is 1410 g/mol. The molecule has 0 rings (SSSR count). The molecular formula is C92H161NO8. The summed E-state index contributed by atoms with van der Waals surface area (Å²) in [6.07, 6.45) is 113. The first-order chi connectivity index (χ1) is 49.6. The van der Waals surface area contributed by atoms with Crippen LogP contribution in [0.3, 0.4) is 0 Å². The molecule has 2 atom stereocenters. The van der Waals surface area contributed by atoms with E-state index in [1.807, 2.05) is 21.1 Å². The standard InChI is InChI=1S/C92H161NO8/c1-6-8-10-12-14-16-18-20-22-24-26-28-30-32-34-36-38-40-42-43-44-45-46-47-49-50-52-54-56-58-60-62-64-66-68-70-72-74-76-78-80-82-89(94)99-86-88(87-100-92(91(96)97)98-85-84-93(3,4)5)101-90(95)83-81-79-77-75-73-71-69-67-65-63-61-59-57-55-53-51-48-41-39-37-35-33-31-29-27-25-23-21-19-17-15-13-11-9-7-2/h8-11,14-17,20-23,26-29,33,35,39,41,88,92H,6-7,12-13,18-19,24-25,30-32,34,36-38,40,42-87H2,1-5H3/b10-8-,11-9-,16-14-,17-15-,22-20-,23-21-,28-26-,29-27-,35-33-,41-39-. The summed E-state index contributed by atoms with van der Waals surface area (Å²) in [7, 11) is 5.95. The van der Waals surface area contributed by atoms with Gasteiger partial charge in [-0.25, -0.2) is 0 Å². The molecule has 0 aromatic carbocycles. The molecule has 0 fully saturated rings. The predicted octanol–water partition coefficient (Wildman–Crippen LogP) is 26.5. The number of hydrogen-bond donors (Lipinski definition) is 0. The number of rotatable bonds is 79. The topological polar surface area (TPSA) is 111 Å². The van der Waals surface area contributed by atoms with Crippen LogP contribution in [0.2, 0.25) is 0 Å². The van der Waals surface area contributed by atoms with Gasteiger partial charge in [0.05, 0.1) is 40.3 Å². The lowest BCUT2D eigenvalue weighted by Gasteiger charge is -2.26. The summed E-state index contributed by atoms with van der Waals surface area (Å²) in [4.78, 5) is 37.7. The molecule has 0 saturated heterocycles. The molecule has 582 valence electrons. The van der Waals surface area contributed by atoms with Gasteiger partial charge in [-0.3, -0.25) is 9.59 Å². The van der Waals surface area contributed by atoms with E-state index in [2.05, 4.69) is 135 Å². The lowest BCUT2D eigenvalue weighted by molar-refractivity contribution is -0.870. The van der Waals surface area contributed by atoms with Crippen LogP contribution in [0.5, 0.6) is 0 Å². The van der Waals surface area contributed by atoms with Crippen LogP contribution in [0.15, 0.2) is 122 Å². The van der Waals surface area contributed by atoms with Crippen molar-refractivity contribution in [2.45, 2.75) is 399 Å². The van der Waals surface area contributed by atoms with E-state index in [0.717, 1.165) is 103 Å². The van der Waals surface area contributed by atoms with Gasteiger partial charge in [0.15, 0.2) is 12.4 Å². The number of unbranched alkanes of at least 4 members (excludes halogenated alkanes) is 44. The molecule has 0 radical (unpaired) electrons. The molecule has 0 amide bonds. The van der Waals surface area contributed by atoms with E-state index in [4.69, 9.17) is 18.9 Å². The highest BCUT2D eigenvalue weighted by Crippen LogP contribution is 2.20. The summed E-state index contributed by atoms with van der Waals surface area (Å²) in [5, 5.41) is 11.9.